The fraction of sp³-hybridized carbons (Fsp3) is 0.875. The summed E-state index contributed by atoms with van der Waals surface area (Å²) in [5.74, 6) is 1.08. The lowest BCUT2D eigenvalue weighted by molar-refractivity contribution is -0.142. The molecule has 23 heavy (non-hydrogen) atoms. The van der Waals surface area contributed by atoms with E-state index in [2.05, 4.69) is 22.1 Å². The number of guanidine groups is 1. The molecule has 3 saturated heterocycles. The van der Waals surface area contributed by atoms with Crippen LogP contribution in [0.3, 0.4) is 0 Å². The van der Waals surface area contributed by atoms with Crippen molar-refractivity contribution >= 4 is 11.9 Å². The zero-order chi connectivity index (χ0) is 16.3. The molecule has 0 aromatic carbocycles. The number of hydrogen-bond donors (Lipinski definition) is 1. The molecule has 3 rings (SSSR count). The molecule has 3 aliphatic rings. The van der Waals surface area contributed by atoms with Gasteiger partial charge < -0.3 is 24.6 Å². The van der Waals surface area contributed by atoms with Crippen LogP contribution in [0.4, 0.5) is 0 Å². The number of hydrogen-bond acceptors (Lipinski definition) is 4. The summed E-state index contributed by atoms with van der Waals surface area (Å²) >= 11 is 0. The number of amides is 1. The highest BCUT2D eigenvalue weighted by molar-refractivity contribution is 5.82. The van der Waals surface area contributed by atoms with Gasteiger partial charge in [-0.1, -0.05) is 6.92 Å². The van der Waals surface area contributed by atoms with Crippen LogP contribution in [-0.4, -0.2) is 87.4 Å². The molecule has 3 aliphatic heterocycles. The normalized spacial score (nSPS) is 27.7. The second kappa shape index (κ2) is 7.05. The van der Waals surface area contributed by atoms with Gasteiger partial charge in [-0.25, -0.2) is 0 Å². The molecule has 1 unspecified atom stereocenters. The highest BCUT2D eigenvalue weighted by Crippen LogP contribution is 2.25. The summed E-state index contributed by atoms with van der Waals surface area (Å²) in [5, 5.41) is 3.45. The molecule has 7 nitrogen and oxygen atoms in total. The van der Waals surface area contributed by atoms with Gasteiger partial charge in [0.1, 0.15) is 6.10 Å². The third kappa shape index (κ3) is 3.77. The summed E-state index contributed by atoms with van der Waals surface area (Å²) in [6.45, 7) is 8.51. The van der Waals surface area contributed by atoms with Gasteiger partial charge in [-0.3, -0.25) is 9.79 Å². The Balaban J connectivity index is 1.46. The van der Waals surface area contributed by atoms with E-state index in [1.165, 1.54) is 0 Å². The van der Waals surface area contributed by atoms with Crippen LogP contribution in [-0.2, 0) is 14.3 Å². The Morgan fingerprint density at radius 1 is 1.26 bits per heavy atom. The van der Waals surface area contributed by atoms with Crippen LogP contribution in [0.1, 0.15) is 19.8 Å². The summed E-state index contributed by atoms with van der Waals surface area (Å²) in [7, 11) is 1.81. The lowest BCUT2D eigenvalue weighted by Gasteiger charge is -2.41. The lowest BCUT2D eigenvalue weighted by Crippen LogP contribution is -2.57. The molecule has 0 aromatic rings. The summed E-state index contributed by atoms with van der Waals surface area (Å²) in [5.41, 5.74) is 0.216. The van der Waals surface area contributed by atoms with Crippen molar-refractivity contribution in [3.05, 3.63) is 0 Å². The zero-order valence-electron chi connectivity index (χ0n) is 14.2. The van der Waals surface area contributed by atoms with Gasteiger partial charge in [0.05, 0.1) is 13.2 Å². The van der Waals surface area contributed by atoms with E-state index in [1.54, 1.807) is 0 Å². The van der Waals surface area contributed by atoms with Gasteiger partial charge >= 0.3 is 0 Å². The summed E-state index contributed by atoms with van der Waals surface area (Å²) in [6.07, 6.45) is 1.65. The van der Waals surface area contributed by atoms with Crippen LogP contribution >= 0.6 is 0 Å². The number of ether oxygens (including phenoxy) is 2. The summed E-state index contributed by atoms with van der Waals surface area (Å²) in [6, 6.07) is 0. The average Bonchev–Trinajstić information content (AvgIpc) is 3.08. The molecular weight excluding hydrogens is 296 g/mol. The van der Waals surface area contributed by atoms with Crippen molar-refractivity contribution in [1.29, 1.82) is 0 Å². The second-order valence-electron chi connectivity index (χ2n) is 7.02. The lowest BCUT2D eigenvalue weighted by atomic mass is 9.89. The van der Waals surface area contributed by atoms with Crippen LogP contribution in [0.5, 0.6) is 0 Å². The Kier molecular flexibility index (Phi) is 5.06. The first kappa shape index (κ1) is 16.5. The first-order valence-electron chi connectivity index (χ1n) is 8.55. The maximum atomic E-state index is 12.4. The van der Waals surface area contributed by atoms with Crippen molar-refractivity contribution in [2.45, 2.75) is 25.9 Å². The zero-order valence-corrected chi connectivity index (χ0v) is 14.2. The molecule has 1 amide bonds. The summed E-state index contributed by atoms with van der Waals surface area (Å²) < 4.78 is 10.8. The van der Waals surface area contributed by atoms with Crippen LogP contribution in [0.15, 0.2) is 4.99 Å². The number of aliphatic imine (C=N–C) groups is 1. The fourth-order valence-electron chi connectivity index (χ4n) is 3.29. The topological polar surface area (TPSA) is 66.4 Å². The van der Waals surface area contributed by atoms with Crippen molar-refractivity contribution in [2.75, 3.05) is 59.6 Å². The Morgan fingerprint density at radius 3 is 2.48 bits per heavy atom. The monoisotopic (exact) mass is 324 g/mol. The standard InChI is InChI=1S/C16H28N4O3/c1-16(11-22-12-16)10-18-15(17-2)20-7-5-19(6-8-20)14(21)13-4-3-9-23-13/h13H,3-12H2,1-2H3,(H,17,18). The van der Waals surface area contributed by atoms with Gasteiger partial charge in [0.25, 0.3) is 5.91 Å². The molecule has 7 heteroatoms. The molecule has 1 atom stereocenters. The molecule has 0 saturated carbocycles. The maximum Gasteiger partial charge on any atom is 0.251 e. The van der Waals surface area contributed by atoms with E-state index in [4.69, 9.17) is 9.47 Å². The van der Waals surface area contributed by atoms with E-state index in [-0.39, 0.29) is 17.4 Å². The average molecular weight is 324 g/mol. The fourth-order valence-corrected chi connectivity index (χ4v) is 3.29. The Labute approximate surface area is 138 Å². The number of carbonyl (C=O) groups is 1. The van der Waals surface area contributed by atoms with Gasteiger partial charge in [0.2, 0.25) is 0 Å². The highest BCUT2D eigenvalue weighted by atomic mass is 16.5. The smallest absolute Gasteiger partial charge is 0.251 e. The van der Waals surface area contributed by atoms with E-state index in [0.717, 1.165) is 71.3 Å². The maximum absolute atomic E-state index is 12.4. The van der Waals surface area contributed by atoms with Crippen molar-refractivity contribution in [1.82, 2.24) is 15.1 Å². The van der Waals surface area contributed by atoms with Crippen molar-refractivity contribution in [2.24, 2.45) is 10.4 Å². The number of carbonyl (C=O) groups excluding carboxylic acids is 1. The predicted molar refractivity (Wildman–Crippen MR) is 87.4 cm³/mol. The minimum atomic E-state index is -0.211. The van der Waals surface area contributed by atoms with Gasteiger partial charge in [0, 0.05) is 51.8 Å². The quantitative estimate of drug-likeness (QED) is 0.581. The number of piperazine rings is 1. The molecule has 0 spiro atoms. The number of rotatable bonds is 3. The SMILES string of the molecule is CN=C(NCC1(C)COC1)N1CCN(C(=O)C2CCCO2)CC1. The Hall–Kier alpha value is -1.34. The van der Waals surface area contributed by atoms with Gasteiger partial charge in [-0.2, -0.15) is 0 Å². The van der Waals surface area contributed by atoms with Gasteiger partial charge in [-0.05, 0) is 12.8 Å². The highest BCUT2D eigenvalue weighted by Gasteiger charge is 2.34. The molecule has 0 aliphatic carbocycles. The van der Waals surface area contributed by atoms with E-state index in [1.807, 2.05) is 11.9 Å². The van der Waals surface area contributed by atoms with Crippen LogP contribution in [0, 0.1) is 5.41 Å². The van der Waals surface area contributed by atoms with E-state index < -0.39 is 0 Å². The minimum Gasteiger partial charge on any atom is -0.380 e. The molecule has 3 fully saturated rings. The largest absolute Gasteiger partial charge is 0.380 e. The molecule has 1 N–H and O–H groups in total. The predicted octanol–water partition coefficient (Wildman–Crippen LogP) is -0.0785. The molecular formula is C16H28N4O3. The van der Waals surface area contributed by atoms with Crippen LogP contribution < -0.4 is 5.32 Å². The third-order valence-corrected chi connectivity index (χ3v) is 4.88. The molecule has 0 aromatic heterocycles. The van der Waals surface area contributed by atoms with E-state index in [9.17, 15) is 4.79 Å². The molecule has 130 valence electrons. The minimum absolute atomic E-state index is 0.157. The number of nitrogens with zero attached hydrogens (tertiary/aromatic N) is 3. The first-order valence-corrected chi connectivity index (χ1v) is 8.55. The summed E-state index contributed by atoms with van der Waals surface area (Å²) in [4.78, 5) is 20.9. The molecule has 3 heterocycles. The Morgan fingerprint density at radius 2 is 1.96 bits per heavy atom. The first-order chi connectivity index (χ1) is 11.1. The second-order valence-corrected chi connectivity index (χ2v) is 7.02. The van der Waals surface area contributed by atoms with Crippen molar-refractivity contribution in [3.63, 3.8) is 0 Å². The molecule has 0 radical (unpaired) electrons. The van der Waals surface area contributed by atoms with Gasteiger partial charge in [-0.15, -0.1) is 0 Å². The van der Waals surface area contributed by atoms with Gasteiger partial charge in [0.15, 0.2) is 5.96 Å². The van der Waals surface area contributed by atoms with Crippen LogP contribution in [0.25, 0.3) is 0 Å². The molecule has 0 bridgehead atoms. The van der Waals surface area contributed by atoms with Crippen molar-refractivity contribution < 1.29 is 14.3 Å². The Bertz CT molecular complexity index is 450. The van der Waals surface area contributed by atoms with Crippen LogP contribution in [0.2, 0.25) is 0 Å². The van der Waals surface area contributed by atoms with Crippen molar-refractivity contribution in [3.8, 4) is 0 Å². The van der Waals surface area contributed by atoms with E-state index >= 15 is 0 Å². The third-order valence-electron chi connectivity index (χ3n) is 4.88. The van der Waals surface area contributed by atoms with E-state index in [0.29, 0.717) is 0 Å². The number of nitrogens with one attached hydrogen (secondary N) is 1.